The van der Waals surface area contributed by atoms with Crippen LogP contribution in [0.5, 0.6) is 0 Å². The van der Waals surface area contributed by atoms with Crippen molar-refractivity contribution in [3.63, 3.8) is 0 Å². The molecule has 8 heteroatoms. The van der Waals surface area contributed by atoms with Crippen molar-refractivity contribution in [2.45, 2.75) is 6.54 Å². The van der Waals surface area contributed by atoms with E-state index in [4.69, 9.17) is 34.8 Å². The van der Waals surface area contributed by atoms with Gasteiger partial charge < -0.3 is 4.74 Å². The van der Waals surface area contributed by atoms with E-state index in [0.717, 1.165) is 5.56 Å². The molecule has 0 radical (unpaired) electrons. The highest BCUT2D eigenvalue weighted by Gasteiger charge is 2.19. The summed E-state index contributed by atoms with van der Waals surface area (Å²) in [5.74, 6) is -0.452. The van der Waals surface area contributed by atoms with Gasteiger partial charge in [0.2, 0.25) is 0 Å². The number of benzene rings is 2. The number of hydrogen-bond donors (Lipinski definition) is 0. The molecule has 3 aromatic rings. The Balaban J connectivity index is 2.14. The highest BCUT2D eigenvalue weighted by atomic mass is 35.5. The molecule has 0 N–H and O–H groups in total. The zero-order valence-corrected chi connectivity index (χ0v) is 15.3. The summed E-state index contributed by atoms with van der Waals surface area (Å²) in [6.07, 6.45) is 0. The van der Waals surface area contributed by atoms with E-state index in [1.54, 1.807) is 30.3 Å². The lowest BCUT2D eigenvalue weighted by Gasteiger charge is -2.04. The average Bonchev–Trinajstić information content (AvgIpc) is 2.98. The maximum Gasteiger partial charge on any atom is 0.329 e. The summed E-state index contributed by atoms with van der Waals surface area (Å²) in [5.41, 5.74) is 2.56. The van der Waals surface area contributed by atoms with Crippen molar-refractivity contribution in [3.8, 4) is 22.5 Å². The van der Waals surface area contributed by atoms with Crippen molar-refractivity contribution in [2.24, 2.45) is 0 Å². The van der Waals surface area contributed by atoms with E-state index < -0.39 is 5.97 Å². The molecule has 0 aliphatic carbocycles. The van der Waals surface area contributed by atoms with E-state index in [-0.39, 0.29) is 6.54 Å². The van der Waals surface area contributed by atoms with Gasteiger partial charge in [0, 0.05) is 21.2 Å². The molecule has 25 heavy (non-hydrogen) atoms. The van der Waals surface area contributed by atoms with Crippen LogP contribution in [0.25, 0.3) is 22.5 Å². The fourth-order valence-electron chi connectivity index (χ4n) is 2.26. The molecule has 0 atom stereocenters. The fourth-order valence-corrected chi connectivity index (χ4v) is 2.89. The number of carbonyl (C=O) groups excluding carboxylic acids is 1. The topological polar surface area (TPSA) is 57.0 Å². The molecule has 3 rings (SSSR count). The van der Waals surface area contributed by atoms with Crippen molar-refractivity contribution >= 4 is 40.8 Å². The highest BCUT2D eigenvalue weighted by molar-refractivity contribution is 6.36. The lowest BCUT2D eigenvalue weighted by Crippen LogP contribution is -2.14. The molecular weight excluding hydrogens is 385 g/mol. The zero-order chi connectivity index (χ0) is 18.0. The molecule has 0 aliphatic heterocycles. The lowest BCUT2D eigenvalue weighted by molar-refractivity contribution is -0.141. The summed E-state index contributed by atoms with van der Waals surface area (Å²) in [7, 11) is 1.31. The molecular formula is C17H12Cl3N3O2. The number of ether oxygens (including phenoxy) is 1. The van der Waals surface area contributed by atoms with Crippen LogP contribution >= 0.6 is 34.8 Å². The quantitative estimate of drug-likeness (QED) is 0.597. The number of methoxy groups -OCH3 is 1. The Morgan fingerprint density at radius 3 is 2.28 bits per heavy atom. The SMILES string of the molecule is COC(=O)Cn1nc(-c2ccc(Cl)cc2)c(-c2ccc(Cl)cc2Cl)n1. The summed E-state index contributed by atoms with van der Waals surface area (Å²) in [6, 6.07) is 12.3. The molecule has 128 valence electrons. The number of halogens is 3. The first-order valence-electron chi connectivity index (χ1n) is 7.21. The second-order valence-corrected chi connectivity index (χ2v) is 6.41. The monoisotopic (exact) mass is 395 g/mol. The summed E-state index contributed by atoms with van der Waals surface area (Å²) in [6.45, 7) is -0.109. The Bertz CT molecular complexity index is 923. The summed E-state index contributed by atoms with van der Waals surface area (Å²) >= 11 is 18.2. The predicted molar refractivity (Wildman–Crippen MR) is 97.9 cm³/mol. The third-order valence-electron chi connectivity index (χ3n) is 3.46. The number of rotatable bonds is 4. The Morgan fingerprint density at radius 1 is 1.00 bits per heavy atom. The second kappa shape index (κ2) is 7.44. The van der Waals surface area contributed by atoms with Gasteiger partial charge in [-0.1, -0.05) is 46.9 Å². The molecule has 0 aliphatic rings. The number of aromatic nitrogens is 3. The van der Waals surface area contributed by atoms with Crippen molar-refractivity contribution in [2.75, 3.05) is 7.11 Å². The number of carbonyl (C=O) groups is 1. The van der Waals surface area contributed by atoms with Gasteiger partial charge in [0.1, 0.15) is 11.4 Å². The van der Waals surface area contributed by atoms with Crippen LogP contribution < -0.4 is 0 Å². The van der Waals surface area contributed by atoms with Crippen LogP contribution in [0.15, 0.2) is 42.5 Å². The summed E-state index contributed by atoms with van der Waals surface area (Å²) in [5, 5.41) is 10.4. The van der Waals surface area contributed by atoms with Gasteiger partial charge in [-0.25, -0.2) is 4.79 Å². The van der Waals surface area contributed by atoms with Crippen molar-refractivity contribution in [3.05, 3.63) is 57.5 Å². The Kier molecular flexibility index (Phi) is 5.27. The Morgan fingerprint density at radius 2 is 1.64 bits per heavy atom. The van der Waals surface area contributed by atoms with E-state index in [0.29, 0.717) is 32.0 Å². The number of hydrogen-bond acceptors (Lipinski definition) is 4. The first kappa shape index (κ1) is 17.7. The first-order valence-corrected chi connectivity index (χ1v) is 8.34. The lowest BCUT2D eigenvalue weighted by atomic mass is 10.1. The van der Waals surface area contributed by atoms with E-state index in [9.17, 15) is 4.79 Å². The van der Waals surface area contributed by atoms with Crippen molar-refractivity contribution in [1.29, 1.82) is 0 Å². The third kappa shape index (κ3) is 3.95. The maximum absolute atomic E-state index is 11.5. The molecule has 0 fully saturated rings. The minimum Gasteiger partial charge on any atom is -0.468 e. The van der Waals surface area contributed by atoms with Gasteiger partial charge in [0.25, 0.3) is 0 Å². The van der Waals surface area contributed by atoms with Gasteiger partial charge in [-0.2, -0.15) is 15.0 Å². The molecule has 0 spiro atoms. The van der Waals surface area contributed by atoms with Crippen LogP contribution in [0.4, 0.5) is 0 Å². The molecule has 1 aromatic heterocycles. The standard InChI is InChI=1S/C17H12Cl3N3O2/c1-25-15(24)9-23-21-16(10-2-4-11(18)5-3-10)17(22-23)13-7-6-12(19)8-14(13)20/h2-8H,9H2,1H3. The van der Waals surface area contributed by atoms with Gasteiger partial charge in [-0.3, -0.25) is 0 Å². The molecule has 0 bridgehead atoms. The van der Waals surface area contributed by atoms with E-state index >= 15 is 0 Å². The van der Waals surface area contributed by atoms with Gasteiger partial charge >= 0.3 is 5.97 Å². The predicted octanol–water partition coefficient (Wildman–Crippen LogP) is 4.75. The van der Waals surface area contributed by atoms with Crippen LogP contribution in [0.3, 0.4) is 0 Å². The number of esters is 1. The van der Waals surface area contributed by atoms with Crippen LogP contribution in [-0.4, -0.2) is 28.1 Å². The zero-order valence-electron chi connectivity index (χ0n) is 13.0. The van der Waals surface area contributed by atoms with Crippen molar-refractivity contribution < 1.29 is 9.53 Å². The first-order chi connectivity index (χ1) is 12.0. The smallest absolute Gasteiger partial charge is 0.329 e. The highest BCUT2D eigenvalue weighted by Crippen LogP contribution is 2.35. The minimum absolute atomic E-state index is 0.109. The Labute approximate surface area is 159 Å². The summed E-state index contributed by atoms with van der Waals surface area (Å²) in [4.78, 5) is 12.8. The van der Waals surface area contributed by atoms with Crippen LogP contribution in [0.2, 0.25) is 15.1 Å². The molecule has 0 amide bonds. The molecule has 0 saturated carbocycles. The van der Waals surface area contributed by atoms with Crippen LogP contribution in [0, 0.1) is 0 Å². The molecule has 1 heterocycles. The van der Waals surface area contributed by atoms with E-state index in [2.05, 4.69) is 14.9 Å². The molecule has 5 nitrogen and oxygen atoms in total. The van der Waals surface area contributed by atoms with Gasteiger partial charge in [0.05, 0.1) is 12.1 Å². The normalized spacial score (nSPS) is 10.7. The third-order valence-corrected chi connectivity index (χ3v) is 4.26. The van der Waals surface area contributed by atoms with Gasteiger partial charge in [-0.15, -0.1) is 0 Å². The van der Waals surface area contributed by atoms with Crippen molar-refractivity contribution in [1.82, 2.24) is 15.0 Å². The average molecular weight is 397 g/mol. The fraction of sp³-hybridized carbons (Fsp3) is 0.118. The van der Waals surface area contributed by atoms with Gasteiger partial charge in [-0.05, 0) is 30.3 Å². The largest absolute Gasteiger partial charge is 0.468 e. The Hall–Kier alpha value is -2.08. The van der Waals surface area contributed by atoms with Crippen LogP contribution in [-0.2, 0) is 16.1 Å². The maximum atomic E-state index is 11.5. The number of nitrogens with zero attached hydrogens (tertiary/aromatic N) is 3. The molecule has 0 saturated heterocycles. The van der Waals surface area contributed by atoms with E-state index in [1.165, 1.54) is 11.9 Å². The minimum atomic E-state index is -0.452. The van der Waals surface area contributed by atoms with Crippen LogP contribution in [0.1, 0.15) is 0 Å². The molecule has 2 aromatic carbocycles. The van der Waals surface area contributed by atoms with E-state index in [1.807, 2.05) is 12.1 Å². The summed E-state index contributed by atoms with van der Waals surface area (Å²) < 4.78 is 4.67. The molecule has 0 unspecified atom stereocenters. The van der Waals surface area contributed by atoms with Gasteiger partial charge in [0.15, 0.2) is 6.54 Å². The second-order valence-electron chi connectivity index (χ2n) is 5.13.